The summed E-state index contributed by atoms with van der Waals surface area (Å²) < 4.78 is 8.98. The number of aliphatic hydroxyl groups is 1. The highest BCUT2D eigenvalue weighted by Crippen LogP contribution is 2.35. The average Bonchev–Trinajstić information content (AvgIpc) is 2.97. The molecule has 0 spiro atoms. The molecule has 1 aromatic rings. The molecule has 1 aromatic heterocycles. The quantitative estimate of drug-likeness (QED) is 0.530. The molecule has 7 nitrogen and oxygen atoms in total. The summed E-state index contributed by atoms with van der Waals surface area (Å²) in [6.07, 6.45) is -0.142. The van der Waals surface area contributed by atoms with Crippen LogP contribution in [-0.4, -0.2) is 37.9 Å². The molecular formula is C8H11N3O4. The van der Waals surface area contributed by atoms with Crippen molar-refractivity contribution >= 4 is 0 Å². The number of aromatic nitrogens is 3. The van der Waals surface area contributed by atoms with Crippen LogP contribution in [-0.2, 0) is 18.3 Å². The fraction of sp³-hybridized carbons (Fsp3) is 0.750. The van der Waals surface area contributed by atoms with Crippen molar-refractivity contribution in [3.8, 4) is 0 Å². The zero-order chi connectivity index (χ0) is 10.7. The lowest BCUT2D eigenvalue weighted by Crippen LogP contribution is -2.40. The van der Waals surface area contributed by atoms with Crippen molar-refractivity contribution in [3.05, 3.63) is 21.0 Å². The van der Waals surface area contributed by atoms with Crippen molar-refractivity contribution in [2.75, 3.05) is 6.61 Å². The van der Waals surface area contributed by atoms with E-state index in [1.165, 1.54) is 16.4 Å². The minimum Gasteiger partial charge on any atom is -0.394 e. The summed E-state index contributed by atoms with van der Waals surface area (Å²) in [6, 6.07) is -0.426. The van der Waals surface area contributed by atoms with Gasteiger partial charge in [0.05, 0.1) is 13.2 Å². The Kier molecular flexibility index (Phi) is 1.56. The molecule has 15 heavy (non-hydrogen) atoms. The van der Waals surface area contributed by atoms with E-state index >= 15 is 0 Å². The fourth-order valence-electron chi connectivity index (χ4n) is 2.22. The van der Waals surface area contributed by atoms with Gasteiger partial charge in [-0.2, -0.15) is 0 Å². The molecule has 0 aromatic carbocycles. The third kappa shape index (κ3) is 0.963. The van der Waals surface area contributed by atoms with E-state index < -0.39 is 11.7 Å². The highest BCUT2D eigenvalue weighted by molar-refractivity contribution is 4.99. The molecule has 3 rings (SSSR count). The highest BCUT2D eigenvalue weighted by Gasteiger charge is 2.51. The zero-order valence-corrected chi connectivity index (χ0v) is 8.16. The van der Waals surface area contributed by atoms with Gasteiger partial charge >= 0.3 is 11.4 Å². The molecule has 0 radical (unpaired) electrons. The molecule has 1 saturated heterocycles. The molecule has 0 bridgehead atoms. The number of nitrogens with zero attached hydrogens (tertiary/aromatic N) is 3. The van der Waals surface area contributed by atoms with E-state index in [1.807, 2.05) is 0 Å². The van der Waals surface area contributed by atoms with Crippen molar-refractivity contribution in [3.63, 3.8) is 0 Å². The summed E-state index contributed by atoms with van der Waals surface area (Å²) >= 11 is 0. The number of aliphatic hydroxyl groups excluding tert-OH is 1. The largest absolute Gasteiger partial charge is 0.394 e. The number of hydrogen-bond acceptors (Lipinski definition) is 4. The van der Waals surface area contributed by atoms with E-state index in [9.17, 15) is 14.7 Å². The molecule has 1 N–H and O–H groups in total. The SMILES string of the molecule is Cn1c(=O)n2n(c1=O)[C@H](CO)[C@@H]1O[C@@H]1C2. The lowest BCUT2D eigenvalue weighted by atomic mass is 10.1. The molecule has 2 aliphatic rings. The van der Waals surface area contributed by atoms with Gasteiger partial charge in [-0.05, 0) is 0 Å². The molecule has 0 saturated carbocycles. The number of ether oxygens (including phenoxy) is 1. The number of hydrogen-bond donors (Lipinski definition) is 1. The van der Waals surface area contributed by atoms with Crippen LogP contribution in [0, 0.1) is 0 Å². The lowest BCUT2D eigenvalue weighted by molar-refractivity contribution is 0.169. The van der Waals surface area contributed by atoms with Crippen molar-refractivity contribution in [1.82, 2.24) is 13.9 Å². The first kappa shape index (κ1) is 8.93. The molecule has 2 aliphatic heterocycles. The van der Waals surface area contributed by atoms with Crippen LogP contribution in [0.5, 0.6) is 0 Å². The molecule has 0 aliphatic carbocycles. The summed E-state index contributed by atoms with van der Waals surface area (Å²) in [4.78, 5) is 23.3. The van der Waals surface area contributed by atoms with E-state index in [2.05, 4.69) is 0 Å². The standard InChI is InChI=1S/C8H11N3O4/c1-9-7(13)10-2-5-6(15-5)4(3-12)11(10)8(9)14/h4-6,12H,2-3H2,1H3/t4-,5-,6+/m1/s1. The molecule has 7 heteroatoms. The monoisotopic (exact) mass is 213 g/mol. The summed E-state index contributed by atoms with van der Waals surface area (Å²) in [5, 5.41) is 9.20. The highest BCUT2D eigenvalue weighted by atomic mass is 16.6. The van der Waals surface area contributed by atoms with Crippen LogP contribution in [0.2, 0.25) is 0 Å². The van der Waals surface area contributed by atoms with Gasteiger partial charge in [0.2, 0.25) is 0 Å². The number of fused-ring (bicyclic) bond motifs is 2. The van der Waals surface area contributed by atoms with Gasteiger partial charge in [-0.15, -0.1) is 0 Å². The molecule has 82 valence electrons. The van der Waals surface area contributed by atoms with Gasteiger partial charge in [-0.3, -0.25) is 0 Å². The van der Waals surface area contributed by atoms with Crippen LogP contribution >= 0.6 is 0 Å². The normalized spacial score (nSPS) is 32.3. The maximum Gasteiger partial charge on any atom is 0.347 e. The van der Waals surface area contributed by atoms with E-state index in [0.717, 1.165) is 4.57 Å². The summed E-state index contributed by atoms with van der Waals surface area (Å²) in [5.74, 6) is 0. The Hall–Kier alpha value is -1.34. The summed E-state index contributed by atoms with van der Waals surface area (Å²) in [7, 11) is 1.43. The summed E-state index contributed by atoms with van der Waals surface area (Å²) in [5.41, 5.74) is -0.750. The van der Waals surface area contributed by atoms with Gasteiger partial charge in [0.1, 0.15) is 18.2 Å². The van der Waals surface area contributed by atoms with Crippen LogP contribution in [0.25, 0.3) is 0 Å². The second-order valence-electron chi connectivity index (χ2n) is 3.94. The van der Waals surface area contributed by atoms with E-state index in [1.54, 1.807) is 0 Å². The van der Waals surface area contributed by atoms with Gasteiger partial charge < -0.3 is 9.84 Å². The topological polar surface area (TPSA) is 81.7 Å². The average molecular weight is 213 g/mol. The number of epoxide rings is 1. The molecule has 0 amide bonds. The van der Waals surface area contributed by atoms with Crippen LogP contribution in [0.1, 0.15) is 6.04 Å². The van der Waals surface area contributed by atoms with Gasteiger partial charge in [-0.25, -0.2) is 23.5 Å². The zero-order valence-electron chi connectivity index (χ0n) is 8.16. The maximum absolute atomic E-state index is 11.7. The van der Waals surface area contributed by atoms with Crippen LogP contribution in [0.3, 0.4) is 0 Å². The van der Waals surface area contributed by atoms with Gasteiger partial charge in [0.25, 0.3) is 0 Å². The predicted molar refractivity (Wildman–Crippen MR) is 48.7 cm³/mol. The Morgan fingerprint density at radius 3 is 2.87 bits per heavy atom. The van der Waals surface area contributed by atoms with Crippen molar-refractivity contribution in [2.24, 2.45) is 7.05 Å². The molecule has 3 atom stereocenters. The maximum atomic E-state index is 11.7. The Bertz CT molecular complexity index is 525. The predicted octanol–water partition coefficient (Wildman–Crippen LogP) is -2.34. The van der Waals surface area contributed by atoms with Gasteiger partial charge in [0, 0.05) is 7.05 Å². The molecule has 3 heterocycles. The third-order valence-corrected chi connectivity index (χ3v) is 3.11. The van der Waals surface area contributed by atoms with E-state index in [-0.39, 0.29) is 24.5 Å². The van der Waals surface area contributed by atoms with Gasteiger partial charge in [-0.1, -0.05) is 0 Å². The van der Waals surface area contributed by atoms with Crippen LogP contribution in [0.4, 0.5) is 0 Å². The lowest BCUT2D eigenvalue weighted by Gasteiger charge is -2.19. The summed E-state index contributed by atoms with van der Waals surface area (Å²) in [6.45, 7) is 0.209. The first-order valence-electron chi connectivity index (χ1n) is 4.80. The smallest absolute Gasteiger partial charge is 0.347 e. The minimum absolute atomic E-state index is 0.0263. The third-order valence-electron chi connectivity index (χ3n) is 3.11. The van der Waals surface area contributed by atoms with E-state index in [0.29, 0.717) is 6.54 Å². The Labute approximate surface area is 84.1 Å². The first-order valence-corrected chi connectivity index (χ1v) is 4.80. The Morgan fingerprint density at radius 1 is 1.47 bits per heavy atom. The van der Waals surface area contributed by atoms with E-state index in [4.69, 9.17) is 4.74 Å². The van der Waals surface area contributed by atoms with Gasteiger partial charge in [0.15, 0.2) is 0 Å². The Balaban J connectivity index is 2.27. The number of rotatable bonds is 1. The second kappa shape index (κ2) is 2.61. The van der Waals surface area contributed by atoms with Crippen molar-refractivity contribution in [1.29, 1.82) is 0 Å². The Morgan fingerprint density at radius 2 is 2.20 bits per heavy atom. The molecule has 0 unspecified atom stereocenters. The van der Waals surface area contributed by atoms with Crippen molar-refractivity contribution in [2.45, 2.75) is 24.8 Å². The molecular weight excluding hydrogens is 202 g/mol. The van der Waals surface area contributed by atoms with Crippen molar-refractivity contribution < 1.29 is 9.84 Å². The minimum atomic E-state index is -0.426. The molecule has 1 fully saturated rings. The van der Waals surface area contributed by atoms with Crippen LogP contribution in [0.15, 0.2) is 9.59 Å². The van der Waals surface area contributed by atoms with Crippen LogP contribution < -0.4 is 11.4 Å². The first-order chi connectivity index (χ1) is 7.15. The fourth-order valence-corrected chi connectivity index (χ4v) is 2.22. The second-order valence-corrected chi connectivity index (χ2v) is 3.94.